The summed E-state index contributed by atoms with van der Waals surface area (Å²) in [5.41, 5.74) is 0. The SMILES string of the molecule is CC(=O)OC(=O)[C@@H](CC1CCCCC1)OC(C)=O. The van der Waals surface area contributed by atoms with Crippen LogP contribution in [0.5, 0.6) is 0 Å². The predicted octanol–water partition coefficient (Wildman–Crippen LogP) is 1.98. The molecule has 18 heavy (non-hydrogen) atoms. The number of hydrogen-bond donors (Lipinski definition) is 0. The van der Waals surface area contributed by atoms with Crippen LogP contribution in [0.3, 0.4) is 0 Å². The molecular formula is C13H20O5. The summed E-state index contributed by atoms with van der Waals surface area (Å²) in [5, 5.41) is 0. The van der Waals surface area contributed by atoms with E-state index in [0.29, 0.717) is 12.3 Å². The lowest BCUT2D eigenvalue weighted by atomic mass is 9.85. The monoisotopic (exact) mass is 256 g/mol. The highest BCUT2D eigenvalue weighted by Gasteiger charge is 2.28. The lowest BCUT2D eigenvalue weighted by Gasteiger charge is -2.24. The molecule has 0 aromatic carbocycles. The third-order valence-electron chi connectivity index (χ3n) is 3.09. The van der Waals surface area contributed by atoms with Crippen LogP contribution in [0.1, 0.15) is 52.4 Å². The maximum absolute atomic E-state index is 11.6. The fraction of sp³-hybridized carbons (Fsp3) is 0.769. The van der Waals surface area contributed by atoms with E-state index in [9.17, 15) is 14.4 Å². The number of carbonyl (C=O) groups excluding carboxylic acids is 3. The molecule has 0 saturated heterocycles. The first kappa shape index (κ1) is 14.7. The zero-order valence-electron chi connectivity index (χ0n) is 10.9. The van der Waals surface area contributed by atoms with Gasteiger partial charge in [-0.25, -0.2) is 4.79 Å². The highest BCUT2D eigenvalue weighted by molar-refractivity contribution is 5.88. The van der Waals surface area contributed by atoms with Crippen molar-refractivity contribution in [3.8, 4) is 0 Å². The van der Waals surface area contributed by atoms with Gasteiger partial charge in [-0.3, -0.25) is 9.59 Å². The van der Waals surface area contributed by atoms with Crippen LogP contribution in [-0.2, 0) is 23.9 Å². The minimum atomic E-state index is -0.950. The average Bonchev–Trinajstić information content (AvgIpc) is 2.28. The molecule has 1 aliphatic rings. The van der Waals surface area contributed by atoms with Crippen LogP contribution in [-0.4, -0.2) is 24.0 Å². The van der Waals surface area contributed by atoms with E-state index >= 15 is 0 Å². The van der Waals surface area contributed by atoms with Gasteiger partial charge >= 0.3 is 17.9 Å². The third-order valence-corrected chi connectivity index (χ3v) is 3.09. The Kier molecular flexibility index (Phi) is 5.82. The summed E-state index contributed by atoms with van der Waals surface area (Å²) in [6.07, 6.45) is 5.06. The molecule has 1 fully saturated rings. The summed E-state index contributed by atoms with van der Waals surface area (Å²) in [6, 6.07) is 0. The molecule has 1 rings (SSSR count). The molecule has 0 heterocycles. The van der Waals surface area contributed by atoms with E-state index in [1.807, 2.05) is 0 Å². The largest absolute Gasteiger partial charge is 0.450 e. The lowest BCUT2D eigenvalue weighted by Crippen LogP contribution is -2.32. The van der Waals surface area contributed by atoms with Crippen LogP contribution in [0.2, 0.25) is 0 Å². The van der Waals surface area contributed by atoms with E-state index in [0.717, 1.165) is 32.6 Å². The van der Waals surface area contributed by atoms with Crippen LogP contribution in [0.4, 0.5) is 0 Å². The van der Waals surface area contributed by atoms with Crippen molar-refractivity contribution in [2.24, 2.45) is 5.92 Å². The summed E-state index contributed by atoms with van der Waals surface area (Å²) in [4.78, 5) is 33.4. The maximum Gasteiger partial charge on any atom is 0.355 e. The third kappa shape index (κ3) is 5.29. The van der Waals surface area contributed by atoms with Crippen molar-refractivity contribution in [1.29, 1.82) is 0 Å². The van der Waals surface area contributed by atoms with Gasteiger partial charge in [0.25, 0.3) is 0 Å². The van der Waals surface area contributed by atoms with Crippen LogP contribution in [0.15, 0.2) is 0 Å². The molecule has 5 nitrogen and oxygen atoms in total. The van der Waals surface area contributed by atoms with Crippen molar-refractivity contribution >= 4 is 17.9 Å². The first-order chi connectivity index (χ1) is 8.49. The summed E-state index contributed by atoms with van der Waals surface area (Å²) >= 11 is 0. The molecule has 102 valence electrons. The van der Waals surface area contributed by atoms with Crippen LogP contribution in [0.25, 0.3) is 0 Å². The Balaban J connectivity index is 2.55. The van der Waals surface area contributed by atoms with Gasteiger partial charge in [0.2, 0.25) is 0 Å². The Labute approximate surface area is 107 Å². The van der Waals surface area contributed by atoms with Crippen molar-refractivity contribution < 1.29 is 23.9 Å². The molecule has 0 aliphatic heterocycles. The van der Waals surface area contributed by atoms with Gasteiger partial charge in [0, 0.05) is 13.8 Å². The molecule has 5 heteroatoms. The van der Waals surface area contributed by atoms with E-state index in [1.54, 1.807) is 0 Å². The smallest absolute Gasteiger partial charge is 0.355 e. The predicted molar refractivity (Wildman–Crippen MR) is 63.5 cm³/mol. The molecule has 0 radical (unpaired) electrons. The van der Waals surface area contributed by atoms with E-state index < -0.39 is 24.0 Å². The van der Waals surface area contributed by atoms with Gasteiger partial charge in [-0.15, -0.1) is 0 Å². The van der Waals surface area contributed by atoms with Gasteiger partial charge in [0.15, 0.2) is 6.10 Å². The Morgan fingerprint density at radius 2 is 1.67 bits per heavy atom. The summed E-state index contributed by atoms with van der Waals surface area (Å²) in [6.45, 7) is 2.40. The Hall–Kier alpha value is -1.39. The molecule has 1 atom stereocenters. The molecular weight excluding hydrogens is 236 g/mol. The molecule has 0 N–H and O–H groups in total. The van der Waals surface area contributed by atoms with Gasteiger partial charge in [0.1, 0.15) is 0 Å². The summed E-state index contributed by atoms with van der Waals surface area (Å²) < 4.78 is 9.45. The van der Waals surface area contributed by atoms with E-state index in [-0.39, 0.29) is 0 Å². The lowest BCUT2D eigenvalue weighted by molar-refractivity contribution is -0.173. The van der Waals surface area contributed by atoms with Crippen molar-refractivity contribution in [2.75, 3.05) is 0 Å². The van der Waals surface area contributed by atoms with Crippen LogP contribution in [0, 0.1) is 5.92 Å². The second-order valence-corrected chi connectivity index (χ2v) is 4.75. The molecule has 0 spiro atoms. The summed E-state index contributed by atoms with van der Waals surface area (Å²) in [7, 11) is 0. The molecule has 0 bridgehead atoms. The Bertz CT molecular complexity index is 317. The van der Waals surface area contributed by atoms with Crippen molar-refractivity contribution in [1.82, 2.24) is 0 Å². The first-order valence-electron chi connectivity index (χ1n) is 6.38. The zero-order valence-corrected chi connectivity index (χ0v) is 10.9. The minimum absolute atomic E-state index is 0.364. The average molecular weight is 256 g/mol. The zero-order chi connectivity index (χ0) is 13.5. The standard InChI is InChI=1S/C13H20O5/c1-9(14)17-12(13(16)18-10(2)15)8-11-6-4-3-5-7-11/h11-12H,3-8H2,1-2H3/t12-/m1/s1. The van der Waals surface area contributed by atoms with Crippen LogP contribution < -0.4 is 0 Å². The molecule has 0 aromatic heterocycles. The summed E-state index contributed by atoms with van der Waals surface area (Å²) in [5.74, 6) is -1.61. The molecule has 0 aromatic rings. The molecule has 1 saturated carbocycles. The number of esters is 3. The molecule has 0 amide bonds. The maximum atomic E-state index is 11.6. The first-order valence-corrected chi connectivity index (χ1v) is 6.38. The fourth-order valence-corrected chi connectivity index (χ4v) is 2.33. The van der Waals surface area contributed by atoms with E-state index in [2.05, 4.69) is 4.74 Å². The van der Waals surface area contributed by atoms with Gasteiger partial charge < -0.3 is 9.47 Å². The van der Waals surface area contributed by atoms with Crippen molar-refractivity contribution in [2.45, 2.75) is 58.5 Å². The molecule has 1 aliphatic carbocycles. The number of hydrogen-bond acceptors (Lipinski definition) is 5. The highest BCUT2D eigenvalue weighted by atomic mass is 16.6. The van der Waals surface area contributed by atoms with Gasteiger partial charge in [-0.05, 0) is 12.3 Å². The Morgan fingerprint density at radius 1 is 1.06 bits per heavy atom. The normalized spacial score (nSPS) is 17.9. The van der Waals surface area contributed by atoms with Crippen molar-refractivity contribution in [3.05, 3.63) is 0 Å². The van der Waals surface area contributed by atoms with Crippen molar-refractivity contribution in [3.63, 3.8) is 0 Å². The van der Waals surface area contributed by atoms with E-state index in [1.165, 1.54) is 13.3 Å². The topological polar surface area (TPSA) is 69.7 Å². The second kappa shape index (κ2) is 7.13. The van der Waals surface area contributed by atoms with Crippen LogP contribution >= 0.6 is 0 Å². The molecule has 0 unspecified atom stereocenters. The van der Waals surface area contributed by atoms with Gasteiger partial charge in [0.05, 0.1) is 0 Å². The van der Waals surface area contributed by atoms with E-state index in [4.69, 9.17) is 4.74 Å². The number of carbonyl (C=O) groups is 3. The minimum Gasteiger partial charge on any atom is -0.450 e. The fourth-order valence-electron chi connectivity index (χ4n) is 2.33. The Morgan fingerprint density at radius 3 is 2.17 bits per heavy atom. The van der Waals surface area contributed by atoms with Gasteiger partial charge in [-0.1, -0.05) is 32.1 Å². The number of ether oxygens (including phenoxy) is 2. The highest BCUT2D eigenvalue weighted by Crippen LogP contribution is 2.28. The number of rotatable bonds is 4. The quantitative estimate of drug-likeness (QED) is 0.568. The van der Waals surface area contributed by atoms with Gasteiger partial charge in [-0.2, -0.15) is 0 Å². The second-order valence-electron chi connectivity index (χ2n) is 4.75.